The summed E-state index contributed by atoms with van der Waals surface area (Å²) in [4.78, 5) is 7.99. The van der Waals surface area contributed by atoms with Crippen molar-refractivity contribution in [3.63, 3.8) is 0 Å². The molecule has 0 unspecified atom stereocenters. The largest absolute Gasteiger partial charge is 0.504 e. The van der Waals surface area contributed by atoms with Crippen molar-refractivity contribution < 1.29 is 9.84 Å². The predicted octanol–water partition coefficient (Wildman–Crippen LogP) is 3.53. The van der Waals surface area contributed by atoms with Gasteiger partial charge in [-0.3, -0.25) is 4.99 Å². The molecule has 3 aromatic rings. The molecule has 154 valence electrons. The maximum Gasteiger partial charge on any atom is 0.191 e. The van der Waals surface area contributed by atoms with Crippen LogP contribution in [0, 0.1) is 6.92 Å². The number of para-hydroxylation sites is 1. The number of aromatic nitrogens is 1. The summed E-state index contributed by atoms with van der Waals surface area (Å²) in [6.07, 6.45) is 3.64. The number of aromatic hydroxyl groups is 1. The highest BCUT2D eigenvalue weighted by atomic mass is 16.5. The van der Waals surface area contributed by atoms with Crippen LogP contribution in [-0.4, -0.2) is 42.8 Å². The van der Waals surface area contributed by atoms with Gasteiger partial charge in [-0.25, -0.2) is 0 Å². The van der Waals surface area contributed by atoms with Gasteiger partial charge >= 0.3 is 0 Å². The number of nitrogens with one attached hydrogen (secondary N) is 3. The molecule has 1 heterocycles. The zero-order chi connectivity index (χ0) is 20.6. The molecular formula is C23H30N4O2. The third-order valence-corrected chi connectivity index (χ3v) is 4.98. The van der Waals surface area contributed by atoms with E-state index in [-0.39, 0.29) is 5.75 Å². The zero-order valence-electron chi connectivity index (χ0n) is 17.4. The molecular weight excluding hydrogens is 364 g/mol. The van der Waals surface area contributed by atoms with Crippen LogP contribution in [0.2, 0.25) is 0 Å². The highest BCUT2D eigenvalue weighted by molar-refractivity contribution is 5.86. The number of nitrogens with zero attached hydrogens (tertiary/aromatic N) is 1. The van der Waals surface area contributed by atoms with Crippen molar-refractivity contribution in [2.24, 2.45) is 4.99 Å². The Morgan fingerprint density at radius 3 is 2.72 bits per heavy atom. The summed E-state index contributed by atoms with van der Waals surface area (Å²) in [5.74, 6) is 1.47. The molecule has 4 N–H and O–H groups in total. The molecule has 3 rings (SSSR count). The monoisotopic (exact) mass is 394 g/mol. The van der Waals surface area contributed by atoms with Crippen molar-refractivity contribution in [3.8, 4) is 11.5 Å². The van der Waals surface area contributed by atoms with Gasteiger partial charge in [-0.2, -0.15) is 0 Å². The lowest BCUT2D eigenvalue weighted by Gasteiger charge is -2.12. The Balaban J connectivity index is 1.58. The number of rotatable bonds is 8. The minimum atomic E-state index is 0.192. The predicted molar refractivity (Wildman–Crippen MR) is 119 cm³/mol. The highest BCUT2D eigenvalue weighted by Crippen LogP contribution is 2.29. The molecule has 6 nitrogen and oxygen atoms in total. The molecule has 0 aliphatic heterocycles. The van der Waals surface area contributed by atoms with Gasteiger partial charge in [-0.15, -0.1) is 0 Å². The first kappa shape index (κ1) is 20.6. The quantitative estimate of drug-likeness (QED) is 0.348. The van der Waals surface area contributed by atoms with E-state index in [4.69, 9.17) is 4.74 Å². The Hall–Kier alpha value is -3.15. The van der Waals surface area contributed by atoms with Gasteiger partial charge in [0.15, 0.2) is 17.5 Å². The van der Waals surface area contributed by atoms with Crippen LogP contribution in [-0.2, 0) is 12.8 Å². The Morgan fingerprint density at radius 1 is 1.10 bits per heavy atom. The number of methoxy groups -OCH3 is 1. The number of H-pyrrole nitrogens is 1. The first-order valence-electron chi connectivity index (χ1n) is 10.1. The Labute approximate surface area is 172 Å². The molecule has 29 heavy (non-hydrogen) atoms. The number of hydrogen-bond donors (Lipinski definition) is 4. The molecule has 6 heteroatoms. The lowest BCUT2D eigenvalue weighted by molar-refractivity contribution is 0.370. The minimum Gasteiger partial charge on any atom is -0.504 e. The van der Waals surface area contributed by atoms with Crippen LogP contribution in [0.15, 0.2) is 47.6 Å². The molecule has 0 saturated carbocycles. The summed E-state index contributed by atoms with van der Waals surface area (Å²) in [5.41, 5.74) is 4.61. The van der Waals surface area contributed by atoms with E-state index in [2.05, 4.69) is 51.9 Å². The fourth-order valence-electron chi connectivity index (χ4n) is 3.53. The first-order chi connectivity index (χ1) is 14.1. The van der Waals surface area contributed by atoms with Crippen LogP contribution < -0.4 is 15.4 Å². The van der Waals surface area contributed by atoms with Gasteiger partial charge in [0.1, 0.15) is 0 Å². The summed E-state index contributed by atoms with van der Waals surface area (Å²) in [7, 11) is 1.55. The maximum absolute atomic E-state index is 10.2. The Bertz CT molecular complexity index is 978. The van der Waals surface area contributed by atoms with Crippen LogP contribution in [0.4, 0.5) is 0 Å². The number of aliphatic imine (C=N–C) groups is 1. The third kappa shape index (κ3) is 5.02. The van der Waals surface area contributed by atoms with Gasteiger partial charge in [0, 0.05) is 36.7 Å². The summed E-state index contributed by atoms with van der Waals surface area (Å²) in [6, 6.07) is 11.9. The number of benzene rings is 2. The van der Waals surface area contributed by atoms with Gasteiger partial charge in [0.05, 0.1) is 7.11 Å². The number of phenolic OH excluding ortho intramolecular Hbond substituents is 1. The minimum absolute atomic E-state index is 0.192. The summed E-state index contributed by atoms with van der Waals surface area (Å²) in [5, 5.41) is 18.2. The number of aromatic amines is 1. The normalized spacial score (nSPS) is 11.6. The lowest BCUT2D eigenvalue weighted by Crippen LogP contribution is -2.38. The molecule has 2 aromatic carbocycles. The number of guanidine groups is 1. The number of hydrogen-bond acceptors (Lipinski definition) is 3. The number of ether oxygens (including phenoxy) is 1. The van der Waals surface area contributed by atoms with E-state index in [0.717, 1.165) is 31.0 Å². The Kier molecular flexibility index (Phi) is 7.00. The molecule has 0 radical (unpaired) electrons. The van der Waals surface area contributed by atoms with Crippen LogP contribution in [0.25, 0.3) is 10.9 Å². The van der Waals surface area contributed by atoms with E-state index in [1.165, 1.54) is 22.0 Å². The van der Waals surface area contributed by atoms with E-state index in [1.807, 2.05) is 19.1 Å². The van der Waals surface area contributed by atoms with Crippen LogP contribution in [0.3, 0.4) is 0 Å². The van der Waals surface area contributed by atoms with Gasteiger partial charge in [-0.1, -0.05) is 24.3 Å². The van der Waals surface area contributed by atoms with Crippen molar-refractivity contribution >= 4 is 16.9 Å². The standard InChI is InChI=1S/C23H30N4O2/c1-4-24-23(25-13-11-17-8-6-10-20(29-3)22(17)28)26-14-12-18-15-27-19-9-5-7-16(2)21(18)19/h5-10,15,27-28H,4,11-14H2,1-3H3,(H2,24,25,26). The average Bonchev–Trinajstić information content (AvgIpc) is 3.14. The Morgan fingerprint density at radius 2 is 1.93 bits per heavy atom. The van der Waals surface area contributed by atoms with E-state index in [9.17, 15) is 5.11 Å². The second kappa shape index (κ2) is 9.87. The van der Waals surface area contributed by atoms with Crippen molar-refractivity contribution in [1.29, 1.82) is 0 Å². The molecule has 0 aliphatic rings. The second-order valence-corrected chi connectivity index (χ2v) is 6.97. The molecule has 0 atom stereocenters. The third-order valence-electron chi connectivity index (χ3n) is 4.98. The van der Waals surface area contributed by atoms with Gasteiger partial charge < -0.3 is 25.5 Å². The van der Waals surface area contributed by atoms with Crippen molar-refractivity contribution in [2.45, 2.75) is 26.7 Å². The van der Waals surface area contributed by atoms with Gasteiger partial charge in [-0.05, 0) is 55.5 Å². The van der Waals surface area contributed by atoms with Gasteiger partial charge in [0.25, 0.3) is 0 Å². The van der Waals surface area contributed by atoms with E-state index in [0.29, 0.717) is 18.7 Å². The average molecular weight is 395 g/mol. The summed E-state index contributed by atoms with van der Waals surface area (Å²) >= 11 is 0. The maximum atomic E-state index is 10.2. The van der Waals surface area contributed by atoms with Crippen molar-refractivity contribution in [2.75, 3.05) is 26.7 Å². The van der Waals surface area contributed by atoms with Crippen LogP contribution in [0.1, 0.15) is 23.6 Å². The SMILES string of the molecule is CCNC(=NCCc1cccc(OC)c1O)NCCc1c[nH]c2cccc(C)c12. The van der Waals surface area contributed by atoms with Crippen molar-refractivity contribution in [3.05, 3.63) is 59.3 Å². The van der Waals surface area contributed by atoms with E-state index in [1.54, 1.807) is 13.2 Å². The molecule has 0 aliphatic carbocycles. The molecule has 0 fully saturated rings. The summed E-state index contributed by atoms with van der Waals surface area (Å²) in [6.45, 7) is 6.35. The smallest absolute Gasteiger partial charge is 0.191 e. The van der Waals surface area contributed by atoms with Crippen LogP contribution >= 0.6 is 0 Å². The topological polar surface area (TPSA) is 81.7 Å². The lowest BCUT2D eigenvalue weighted by atomic mass is 10.1. The second-order valence-electron chi connectivity index (χ2n) is 6.97. The fourth-order valence-corrected chi connectivity index (χ4v) is 3.53. The molecule has 0 saturated heterocycles. The number of aryl methyl sites for hydroxylation is 1. The van der Waals surface area contributed by atoms with Gasteiger partial charge in [0.2, 0.25) is 0 Å². The van der Waals surface area contributed by atoms with E-state index < -0.39 is 0 Å². The number of phenols is 1. The van der Waals surface area contributed by atoms with E-state index >= 15 is 0 Å². The molecule has 0 amide bonds. The molecule has 1 aromatic heterocycles. The molecule has 0 spiro atoms. The summed E-state index contributed by atoms with van der Waals surface area (Å²) < 4.78 is 5.17. The fraction of sp³-hybridized carbons (Fsp3) is 0.348. The van der Waals surface area contributed by atoms with Crippen molar-refractivity contribution in [1.82, 2.24) is 15.6 Å². The molecule has 0 bridgehead atoms. The van der Waals surface area contributed by atoms with Crippen LogP contribution in [0.5, 0.6) is 11.5 Å². The number of fused-ring (bicyclic) bond motifs is 1. The highest BCUT2D eigenvalue weighted by Gasteiger charge is 2.08. The first-order valence-corrected chi connectivity index (χ1v) is 10.1. The zero-order valence-corrected chi connectivity index (χ0v) is 17.4.